The van der Waals surface area contributed by atoms with Crippen molar-refractivity contribution in [2.24, 2.45) is 0 Å². The van der Waals surface area contributed by atoms with Gasteiger partial charge in [-0.05, 0) is 55.4 Å². The predicted octanol–water partition coefficient (Wildman–Crippen LogP) is 3.11. The highest BCUT2D eigenvalue weighted by Gasteiger charge is 2.44. The molecule has 0 spiro atoms. The van der Waals surface area contributed by atoms with E-state index in [2.05, 4.69) is 0 Å². The van der Waals surface area contributed by atoms with Crippen molar-refractivity contribution in [3.05, 3.63) is 10.4 Å². The number of hydrogen-bond donors (Lipinski definition) is 0. The normalized spacial score (nSPS) is 27.9. The molecule has 2 saturated heterocycles. The number of ether oxygens (including phenoxy) is 2. The molecule has 0 atom stereocenters. The minimum Gasteiger partial charge on any atom is -0.784 e. The smallest absolute Gasteiger partial charge is 0.417 e. The van der Waals surface area contributed by atoms with Crippen LogP contribution in [0.15, 0.2) is 0 Å². The van der Waals surface area contributed by atoms with Crippen LogP contribution in [0.2, 0.25) is 0 Å². The van der Waals surface area contributed by atoms with Crippen molar-refractivity contribution < 1.29 is 19.1 Å². The lowest BCUT2D eigenvalue weighted by molar-refractivity contribution is -0.182. The van der Waals surface area contributed by atoms with Gasteiger partial charge in [0.2, 0.25) is 0 Å². The fourth-order valence-corrected chi connectivity index (χ4v) is 4.91. The first-order valence-corrected chi connectivity index (χ1v) is 9.84. The summed E-state index contributed by atoms with van der Waals surface area (Å²) in [6.07, 6.45) is 0.292. The summed E-state index contributed by atoms with van der Waals surface area (Å²) in [6, 6.07) is 0. The van der Waals surface area contributed by atoms with Crippen LogP contribution in [-0.2, 0) is 19.1 Å². The van der Waals surface area contributed by atoms with E-state index in [9.17, 15) is 20.0 Å². The lowest BCUT2D eigenvalue weighted by atomic mass is 9.80. The van der Waals surface area contributed by atoms with Crippen molar-refractivity contribution >= 4 is 11.9 Å². The molecular formula is C20H34N2O6-2. The Morgan fingerprint density at radius 1 is 0.643 bits per heavy atom. The van der Waals surface area contributed by atoms with Gasteiger partial charge in [-0.15, -0.1) is 0 Å². The van der Waals surface area contributed by atoms with Crippen molar-refractivity contribution in [3.63, 3.8) is 0 Å². The number of hydrogen-bond acceptors (Lipinski definition) is 8. The first kappa shape index (κ1) is 23.1. The maximum absolute atomic E-state index is 12.4. The summed E-state index contributed by atoms with van der Waals surface area (Å²) in [5.41, 5.74) is -2.81. The standard InChI is InChI=1S/C20H34N2O6/c1-17(2)9-13(10-18(3,4)21(17)25)27-15(23)16(24)28-14-11-19(5,6)22(26)20(7,8)12-14/h13-14H,9-12H2,1-8H3/q-2. The van der Waals surface area contributed by atoms with E-state index in [4.69, 9.17) is 9.47 Å². The van der Waals surface area contributed by atoms with E-state index in [0.29, 0.717) is 25.7 Å². The van der Waals surface area contributed by atoms with Gasteiger partial charge in [0.1, 0.15) is 12.2 Å². The second kappa shape index (κ2) is 7.23. The third-order valence-corrected chi connectivity index (χ3v) is 5.82. The highest BCUT2D eigenvalue weighted by Crippen LogP contribution is 2.40. The monoisotopic (exact) mass is 398 g/mol. The zero-order valence-corrected chi connectivity index (χ0v) is 18.3. The second-order valence-corrected chi connectivity index (χ2v) is 10.7. The number of piperidine rings is 2. The Labute approximate surface area is 167 Å². The molecule has 0 bridgehead atoms. The molecule has 0 saturated carbocycles. The Bertz CT molecular complexity index is 538. The van der Waals surface area contributed by atoms with E-state index >= 15 is 0 Å². The highest BCUT2D eigenvalue weighted by molar-refractivity contribution is 6.29. The number of esters is 2. The molecule has 0 N–H and O–H groups in total. The molecule has 0 amide bonds. The SMILES string of the molecule is CC1(C)CC(OC(=O)C(=O)OC2CC(C)(C)N([O-])C(C)(C)C2)CC(C)(C)N1[O-]. The first-order valence-electron chi connectivity index (χ1n) is 9.84. The number of carbonyl (C=O) groups excluding carboxylic acids is 2. The molecular weight excluding hydrogens is 364 g/mol. The number of rotatable bonds is 2. The molecule has 2 fully saturated rings. The van der Waals surface area contributed by atoms with Crippen LogP contribution in [0.4, 0.5) is 0 Å². The van der Waals surface area contributed by atoms with Gasteiger partial charge in [0.15, 0.2) is 0 Å². The molecule has 0 radical (unpaired) electrons. The summed E-state index contributed by atoms with van der Waals surface area (Å²) in [5.74, 6) is -2.09. The number of nitrogens with zero attached hydrogens (tertiary/aromatic N) is 2. The molecule has 2 aliphatic rings. The molecule has 28 heavy (non-hydrogen) atoms. The molecule has 0 aromatic carbocycles. The summed E-state index contributed by atoms with van der Waals surface area (Å²) >= 11 is 0. The molecule has 0 unspecified atom stereocenters. The van der Waals surface area contributed by atoms with Crippen molar-refractivity contribution in [3.8, 4) is 0 Å². The average molecular weight is 399 g/mol. The molecule has 8 heteroatoms. The lowest BCUT2D eigenvalue weighted by Crippen LogP contribution is -2.60. The zero-order valence-electron chi connectivity index (χ0n) is 18.3. The molecule has 2 heterocycles. The van der Waals surface area contributed by atoms with Crippen LogP contribution in [0, 0.1) is 10.4 Å². The fourth-order valence-electron chi connectivity index (χ4n) is 4.91. The van der Waals surface area contributed by atoms with Gasteiger partial charge in [0, 0.05) is 47.8 Å². The largest absolute Gasteiger partial charge is 0.784 e. The third-order valence-electron chi connectivity index (χ3n) is 5.82. The Morgan fingerprint density at radius 3 is 1.07 bits per heavy atom. The van der Waals surface area contributed by atoms with Gasteiger partial charge in [0.25, 0.3) is 0 Å². The van der Waals surface area contributed by atoms with E-state index < -0.39 is 46.3 Å². The van der Waals surface area contributed by atoms with Gasteiger partial charge in [-0.1, -0.05) is 0 Å². The van der Waals surface area contributed by atoms with Gasteiger partial charge < -0.3 is 30.0 Å². The maximum Gasteiger partial charge on any atom is 0.417 e. The summed E-state index contributed by atoms with van der Waals surface area (Å²) in [5, 5.41) is 26.9. The molecule has 0 aromatic rings. The van der Waals surface area contributed by atoms with Crippen LogP contribution in [0.1, 0.15) is 81.1 Å². The van der Waals surface area contributed by atoms with Crippen LogP contribution in [-0.4, -0.2) is 56.4 Å². The van der Waals surface area contributed by atoms with Gasteiger partial charge in [-0.3, -0.25) is 0 Å². The molecule has 2 rings (SSSR count). The summed E-state index contributed by atoms with van der Waals surface area (Å²) in [4.78, 5) is 24.6. The highest BCUT2D eigenvalue weighted by atomic mass is 16.6. The molecule has 162 valence electrons. The van der Waals surface area contributed by atoms with E-state index in [1.54, 1.807) is 55.4 Å². The maximum atomic E-state index is 12.4. The average Bonchev–Trinajstić information content (AvgIpc) is 2.49. The zero-order chi connectivity index (χ0) is 21.7. The predicted molar refractivity (Wildman–Crippen MR) is 105 cm³/mol. The van der Waals surface area contributed by atoms with Crippen LogP contribution >= 0.6 is 0 Å². The quantitative estimate of drug-likeness (QED) is 0.516. The summed E-state index contributed by atoms with van der Waals surface area (Å²) < 4.78 is 10.8. The first-order chi connectivity index (χ1) is 12.5. The van der Waals surface area contributed by atoms with Crippen LogP contribution in [0.5, 0.6) is 0 Å². The van der Waals surface area contributed by atoms with Crippen molar-refractivity contribution in [2.45, 2.75) is 115 Å². The summed E-state index contributed by atoms with van der Waals surface area (Å²) in [6.45, 7) is 14.3. The van der Waals surface area contributed by atoms with Crippen molar-refractivity contribution in [1.82, 2.24) is 10.1 Å². The lowest BCUT2D eigenvalue weighted by Gasteiger charge is -2.59. The van der Waals surface area contributed by atoms with E-state index in [0.717, 1.165) is 10.1 Å². The number of carbonyl (C=O) groups is 2. The topological polar surface area (TPSA) is 105 Å². The Balaban J connectivity index is 1.99. The van der Waals surface area contributed by atoms with E-state index in [1.807, 2.05) is 0 Å². The molecule has 2 aliphatic heterocycles. The van der Waals surface area contributed by atoms with Gasteiger partial charge in [-0.2, -0.15) is 0 Å². The Hall–Kier alpha value is -1.22. The third kappa shape index (κ3) is 4.67. The minimum absolute atomic E-state index is 0.341. The molecule has 0 aliphatic carbocycles. The van der Waals surface area contributed by atoms with Crippen LogP contribution in [0.3, 0.4) is 0 Å². The van der Waals surface area contributed by atoms with Crippen molar-refractivity contribution in [2.75, 3.05) is 0 Å². The van der Waals surface area contributed by atoms with Crippen molar-refractivity contribution in [1.29, 1.82) is 0 Å². The summed E-state index contributed by atoms with van der Waals surface area (Å²) in [7, 11) is 0. The second-order valence-electron chi connectivity index (χ2n) is 10.7. The minimum atomic E-state index is -1.05. The Morgan fingerprint density at radius 2 is 0.857 bits per heavy atom. The van der Waals surface area contributed by atoms with E-state index in [-0.39, 0.29) is 0 Å². The number of hydroxylamine groups is 4. The van der Waals surface area contributed by atoms with E-state index in [1.165, 1.54) is 0 Å². The molecule has 8 nitrogen and oxygen atoms in total. The molecule has 0 aromatic heterocycles. The van der Waals surface area contributed by atoms with Crippen LogP contribution in [0.25, 0.3) is 0 Å². The van der Waals surface area contributed by atoms with Gasteiger partial charge in [-0.25, -0.2) is 9.59 Å². The Kier molecular flexibility index (Phi) is 5.96. The van der Waals surface area contributed by atoms with Gasteiger partial charge >= 0.3 is 11.9 Å². The van der Waals surface area contributed by atoms with Crippen LogP contribution < -0.4 is 0 Å². The van der Waals surface area contributed by atoms with Gasteiger partial charge in [0.05, 0.1) is 0 Å². The fraction of sp³-hybridized carbons (Fsp3) is 0.900.